The molecule has 0 unspecified atom stereocenters. The highest BCUT2D eigenvalue weighted by molar-refractivity contribution is 6.00. The van der Waals surface area contributed by atoms with Gasteiger partial charge in [-0.1, -0.05) is 0 Å². The second kappa shape index (κ2) is 2.44. The summed E-state index contributed by atoms with van der Waals surface area (Å²) in [5, 5.41) is 0. The van der Waals surface area contributed by atoms with Crippen molar-refractivity contribution in [3.8, 4) is 0 Å². The maximum atomic E-state index is 11.3. The SMILES string of the molecule is O=C1CCCC2=C1C=[C+]C=C2. The monoisotopic (exact) mass is 145 g/mol. The molecule has 0 aromatic rings. The molecule has 0 radical (unpaired) electrons. The smallest absolute Gasteiger partial charge is 0.218 e. The maximum absolute atomic E-state index is 11.3. The average molecular weight is 145 g/mol. The normalized spacial score (nSPS) is 21.6. The minimum atomic E-state index is 0.281. The molecule has 0 bridgehead atoms. The lowest BCUT2D eigenvalue weighted by Crippen LogP contribution is -2.10. The number of allylic oxidation sites excluding steroid dienone is 6. The van der Waals surface area contributed by atoms with Crippen LogP contribution in [0, 0.1) is 6.08 Å². The first-order valence-corrected chi connectivity index (χ1v) is 3.90. The van der Waals surface area contributed by atoms with Crippen molar-refractivity contribution in [3.63, 3.8) is 0 Å². The van der Waals surface area contributed by atoms with Crippen molar-refractivity contribution in [1.82, 2.24) is 0 Å². The highest BCUT2D eigenvalue weighted by Gasteiger charge is 2.24. The molecule has 0 spiro atoms. The Bertz CT molecular complexity index is 279. The molecule has 2 rings (SSSR count). The van der Waals surface area contributed by atoms with E-state index in [0.717, 1.165) is 18.4 Å². The lowest BCUT2D eigenvalue weighted by Gasteiger charge is -2.08. The molecule has 1 nitrogen and oxygen atoms in total. The fraction of sp³-hybridized carbons (Fsp3) is 0.300. The zero-order valence-corrected chi connectivity index (χ0v) is 6.26. The van der Waals surface area contributed by atoms with Crippen molar-refractivity contribution in [1.29, 1.82) is 0 Å². The summed E-state index contributed by atoms with van der Waals surface area (Å²) in [6.07, 6.45) is 11.4. The minimum absolute atomic E-state index is 0.281. The Morgan fingerprint density at radius 3 is 3.09 bits per heavy atom. The molecule has 0 fully saturated rings. The van der Waals surface area contributed by atoms with E-state index in [2.05, 4.69) is 6.08 Å². The van der Waals surface area contributed by atoms with Crippen LogP contribution < -0.4 is 0 Å². The largest absolute Gasteiger partial charge is 0.278 e. The van der Waals surface area contributed by atoms with Gasteiger partial charge in [0.1, 0.15) is 17.7 Å². The van der Waals surface area contributed by atoms with Crippen molar-refractivity contribution in [2.24, 2.45) is 0 Å². The highest BCUT2D eigenvalue weighted by Crippen LogP contribution is 2.25. The summed E-state index contributed by atoms with van der Waals surface area (Å²) in [5.41, 5.74) is 2.08. The van der Waals surface area contributed by atoms with Crippen LogP contribution in [0.4, 0.5) is 0 Å². The van der Waals surface area contributed by atoms with Gasteiger partial charge in [0.05, 0.1) is 11.6 Å². The van der Waals surface area contributed by atoms with Crippen molar-refractivity contribution in [2.75, 3.05) is 0 Å². The maximum Gasteiger partial charge on any atom is 0.218 e. The molecule has 0 saturated carbocycles. The zero-order valence-electron chi connectivity index (χ0n) is 6.26. The molecule has 2 aliphatic rings. The molecule has 1 heteroatoms. The first-order chi connectivity index (χ1) is 5.38. The summed E-state index contributed by atoms with van der Waals surface area (Å²) in [6, 6.07) is 0. The number of hydrogen-bond acceptors (Lipinski definition) is 1. The van der Waals surface area contributed by atoms with Gasteiger partial charge in [-0.15, -0.1) is 0 Å². The Hall–Kier alpha value is -1.20. The highest BCUT2D eigenvalue weighted by atomic mass is 16.1. The molecule has 0 aromatic heterocycles. The van der Waals surface area contributed by atoms with E-state index in [-0.39, 0.29) is 5.78 Å². The molecule has 0 atom stereocenters. The summed E-state index contributed by atoms with van der Waals surface area (Å²) in [5.74, 6) is 0.281. The van der Waals surface area contributed by atoms with E-state index >= 15 is 0 Å². The van der Waals surface area contributed by atoms with Crippen molar-refractivity contribution >= 4 is 5.78 Å². The van der Waals surface area contributed by atoms with Crippen molar-refractivity contribution in [2.45, 2.75) is 19.3 Å². The molecule has 0 saturated heterocycles. The number of ketones is 1. The Balaban J connectivity index is 2.45. The Kier molecular flexibility index (Phi) is 1.45. The van der Waals surface area contributed by atoms with E-state index in [1.165, 1.54) is 5.57 Å². The summed E-state index contributed by atoms with van der Waals surface area (Å²) in [7, 11) is 0. The van der Waals surface area contributed by atoms with Crippen LogP contribution in [0.5, 0.6) is 0 Å². The van der Waals surface area contributed by atoms with Crippen LogP contribution in [0.1, 0.15) is 19.3 Å². The van der Waals surface area contributed by atoms with E-state index in [9.17, 15) is 4.79 Å². The Morgan fingerprint density at radius 2 is 2.27 bits per heavy atom. The van der Waals surface area contributed by atoms with Gasteiger partial charge in [0.2, 0.25) is 5.78 Å². The van der Waals surface area contributed by atoms with Gasteiger partial charge < -0.3 is 0 Å². The van der Waals surface area contributed by atoms with Crippen molar-refractivity contribution < 1.29 is 4.79 Å². The quantitative estimate of drug-likeness (QED) is 0.476. The van der Waals surface area contributed by atoms with Gasteiger partial charge in [0, 0.05) is 12.5 Å². The van der Waals surface area contributed by atoms with Gasteiger partial charge in [-0.05, 0) is 12.8 Å². The van der Waals surface area contributed by atoms with E-state index < -0.39 is 0 Å². The van der Waals surface area contributed by atoms with Gasteiger partial charge in [0.15, 0.2) is 0 Å². The lowest BCUT2D eigenvalue weighted by molar-refractivity contribution is -0.115. The third-order valence-corrected chi connectivity index (χ3v) is 2.10. The summed E-state index contributed by atoms with van der Waals surface area (Å²) in [6.45, 7) is 0. The standard InChI is InChI=1S/C10H9O/c11-10-7-3-5-8-4-1-2-6-9(8)10/h1,4,6H,3,5,7H2/q+1. The molecular weight excluding hydrogens is 136 g/mol. The van der Waals surface area contributed by atoms with Crippen LogP contribution in [0.3, 0.4) is 0 Å². The molecule has 54 valence electrons. The molecule has 11 heavy (non-hydrogen) atoms. The van der Waals surface area contributed by atoms with E-state index in [1.807, 2.05) is 12.2 Å². The molecule has 2 aliphatic carbocycles. The number of Topliss-reactive ketones (excluding diaryl/α,β-unsaturated/α-hetero) is 1. The number of carbonyl (C=O) groups is 1. The van der Waals surface area contributed by atoms with Gasteiger partial charge in [-0.2, -0.15) is 0 Å². The first-order valence-electron chi connectivity index (χ1n) is 3.90. The van der Waals surface area contributed by atoms with E-state index in [0.29, 0.717) is 6.42 Å². The predicted molar refractivity (Wildman–Crippen MR) is 42.8 cm³/mol. The van der Waals surface area contributed by atoms with Crippen LogP contribution in [0.15, 0.2) is 29.4 Å². The number of hydrogen-bond donors (Lipinski definition) is 0. The fourth-order valence-electron chi connectivity index (χ4n) is 1.51. The second-order valence-corrected chi connectivity index (χ2v) is 2.86. The number of carbonyl (C=O) groups excluding carboxylic acids is 1. The van der Waals surface area contributed by atoms with Crippen LogP contribution >= 0.6 is 0 Å². The van der Waals surface area contributed by atoms with Crippen LogP contribution in [-0.4, -0.2) is 5.78 Å². The molecule has 0 aliphatic heterocycles. The van der Waals surface area contributed by atoms with Crippen LogP contribution in [-0.2, 0) is 4.79 Å². The van der Waals surface area contributed by atoms with Gasteiger partial charge >= 0.3 is 0 Å². The molecule has 0 N–H and O–H groups in total. The Labute approximate surface area is 66.1 Å². The van der Waals surface area contributed by atoms with Gasteiger partial charge in [-0.25, -0.2) is 0 Å². The lowest BCUT2D eigenvalue weighted by atomic mass is 9.88. The van der Waals surface area contributed by atoms with E-state index in [1.54, 1.807) is 6.08 Å². The Morgan fingerprint density at radius 1 is 1.36 bits per heavy atom. The number of rotatable bonds is 0. The van der Waals surface area contributed by atoms with Crippen LogP contribution in [0.2, 0.25) is 0 Å². The first kappa shape index (κ1) is 6.51. The molecule has 0 heterocycles. The second-order valence-electron chi connectivity index (χ2n) is 2.86. The van der Waals surface area contributed by atoms with Gasteiger partial charge in [0.25, 0.3) is 0 Å². The average Bonchev–Trinajstić information content (AvgIpc) is 2.06. The minimum Gasteiger partial charge on any atom is -0.278 e. The predicted octanol–water partition coefficient (Wildman–Crippen LogP) is 1.97. The van der Waals surface area contributed by atoms with Gasteiger partial charge in [-0.3, -0.25) is 4.79 Å². The fourth-order valence-corrected chi connectivity index (χ4v) is 1.51. The molecular formula is C10H9O+. The summed E-state index contributed by atoms with van der Waals surface area (Å²) >= 11 is 0. The summed E-state index contributed by atoms with van der Waals surface area (Å²) < 4.78 is 0. The van der Waals surface area contributed by atoms with E-state index in [4.69, 9.17) is 0 Å². The molecule has 0 amide bonds. The molecule has 0 aromatic carbocycles. The topological polar surface area (TPSA) is 17.1 Å². The van der Waals surface area contributed by atoms with Crippen LogP contribution in [0.25, 0.3) is 0 Å². The third kappa shape index (κ3) is 1.04. The van der Waals surface area contributed by atoms with Crippen molar-refractivity contribution in [3.05, 3.63) is 35.5 Å². The third-order valence-electron chi connectivity index (χ3n) is 2.10. The zero-order chi connectivity index (χ0) is 7.68. The summed E-state index contributed by atoms with van der Waals surface area (Å²) in [4.78, 5) is 11.3.